The number of benzene rings is 1. The molecule has 98 valence electrons. The zero-order valence-electron chi connectivity index (χ0n) is 9.34. The first-order valence-corrected chi connectivity index (χ1v) is 4.18. The summed E-state index contributed by atoms with van der Waals surface area (Å²) >= 11 is 0. The highest BCUT2D eigenvalue weighted by molar-refractivity contribution is 6.01. The molecule has 0 saturated heterocycles. The molecule has 1 aromatic carbocycles. The molecule has 0 unspecified atom stereocenters. The summed E-state index contributed by atoms with van der Waals surface area (Å²) in [6, 6.07) is 5.48. The maximum atomic E-state index is 10.5. The Morgan fingerprint density at radius 3 is 1.35 bits per heavy atom. The van der Waals surface area contributed by atoms with Crippen molar-refractivity contribution in [2.45, 2.75) is 0 Å². The zero-order valence-corrected chi connectivity index (χ0v) is 11.0. The summed E-state index contributed by atoms with van der Waals surface area (Å²) in [5.41, 5.74) is -0.380. The largest absolute Gasteiger partial charge is 0.478 e. The van der Waals surface area contributed by atoms with Crippen molar-refractivity contribution >= 4 is 36.8 Å². The molecule has 0 amide bonds. The molecule has 3 N–H and O–H groups in total. The van der Waals surface area contributed by atoms with E-state index in [1.165, 1.54) is 24.3 Å². The molecule has 0 aromatic heterocycles. The van der Waals surface area contributed by atoms with Crippen LogP contribution in [0.25, 0.3) is 0 Å². The van der Waals surface area contributed by atoms with E-state index in [9.17, 15) is 9.59 Å². The summed E-state index contributed by atoms with van der Waals surface area (Å²) in [7, 11) is 3.75. The Bertz CT molecular complexity index is 325. The predicted octanol–water partition coefficient (Wildman–Crippen LogP) is 1.76. The monoisotopic (exact) mass is 283 g/mol. The third kappa shape index (κ3) is 7.57. The van der Waals surface area contributed by atoms with Crippen LogP contribution >= 0.6 is 24.8 Å². The van der Waals surface area contributed by atoms with Crippen molar-refractivity contribution in [2.24, 2.45) is 0 Å². The Morgan fingerprint density at radius 1 is 0.941 bits per heavy atom. The fourth-order valence-electron chi connectivity index (χ4n) is 0.856. The van der Waals surface area contributed by atoms with Crippen molar-refractivity contribution in [1.82, 2.24) is 5.32 Å². The van der Waals surface area contributed by atoms with E-state index < -0.39 is 11.9 Å². The molecule has 0 radical (unpaired) electrons. The van der Waals surface area contributed by atoms with Crippen molar-refractivity contribution < 1.29 is 19.8 Å². The second-order valence-electron chi connectivity index (χ2n) is 2.66. The molecule has 7 heteroatoms. The lowest BCUT2D eigenvalue weighted by molar-refractivity contribution is 0.0651. The van der Waals surface area contributed by atoms with Gasteiger partial charge in [0.15, 0.2) is 0 Å². The number of carbonyl (C=O) groups is 2. The van der Waals surface area contributed by atoms with E-state index in [1.54, 1.807) is 0 Å². The fourth-order valence-corrected chi connectivity index (χ4v) is 0.856. The molecule has 17 heavy (non-hydrogen) atoms. The Hall–Kier alpha value is -1.30. The second kappa shape index (κ2) is 11.2. The van der Waals surface area contributed by atoms with Gasteiger partial charge in [0.05, 0.1) is 11.1 Å². The number of halogens is 2. The van der Waals surface area contributed by atoms with Gasteiger partial charge in [0.25, 0.3) is 0 Å². The smallest absolute Gasteiger partial charge is 0.336 e. The highest BCUT2D eigenvalue weighted by Crippen LogP contribution is 2.07. The van der Waals surface area contributed by atoms with Crippen molar-refractivity contribution in [2.75, 3.05) is 14.1 Å². The fraction of sp³-hybridized carbons (Fsp3) is 0.200. The molecule has 0 fully saturated rings. The Balaban J connectivity index is -0.000000356. The van der Waals surface area contributed by atoms with Crippen LogP contribution in [0.2, 0.25) is 0 Å². The lowest BCUT2D eigenvalue weighted by Crippen LogP contribution is -2.06. The van der Waals surface area contributed by atoms with E-state index in [0.717, 1.165) is 0 Å². The van der Waals surface area contributed by atoms with Crippen LogP contribution in [0.15, 0.2) is 24.3 Å². The zero-order chi connectivity index (χ0) is 11.8. The van der Waals surface area contributed by atoms with Gasteiger partial charge < -0.3 is 15.5 Å². The van der Waals surface area contributed by atoms with E-state index in [-0.39, 0.29) is 35.9 Å². The summed E-state index contributed by atoms with van der Waals surface area (Å²) in [4.78, 5) is 20.9. The topological polar surface area (TPSA) is 86.6 Å². The molecule has 0 aliphatic carbocycles. The molecular weight excluding hydrogens is 269 g/mol. The van der Waals surface area contributed by atoms with Crippen molar-refractivity contribution in [3.05, 3.63) is 35.4 Å². The average Bonchev–Trinajstić information content (AvgIpc) is 2.19. The van der Waals surface area contributed by atoms with Gasteiger partial charge in [-0.15, -0.1) is 24.8 Å². The number of aromatic carboxylic acids is 2. The van der Waals surface area contributed by atoms with Gasteiger partial charge in [0, 0.05) is 0 Å². The van der Waals surface area contributed by atoms with Crippen molar-refractivity contribution in [1.29, 1.82) is 0 Å². The van der Waals surface area contributed by atoms with Crippen LogP contribution in [0.1, 0.15) is 20.7 Å². The number of nitrogens with one attached hydrogen (secondary N) is 1. The Morgan fingerprint density at radius 2 is 1.18 bits per heavy atom. The van der Waals surface area contributed by atoms with Crippen LogP contribution < -0.4 is 5.32 Å². The molecule has 0 spiro atoms. The minimum atomic E-state index is -1.23. The third-order valence-electron chi connectivity index (χ3n) is 1.39. The third-order valence-corrected chi connectivity index (χ3v) is 1.39. The van der Waals surface area contributed by atoms with Gasteiger partial charge in [-0.2, -0.15) is 0 Å². The molecule has 5 nitrogen and oxygen atoms in total. The SMILES string of the molecule is CNC.Cl.Cl.O=C(O)c1ccccc1C(=O)O. The number of carboxylic acid groups (broad SMARTS) is 2. The van der Waals surface area contributed by atoms with Crippen molar-refractivity contribution in [3.8, 4) is 0 Å². The highest BCUT2D eigenvalue weighted by atomic mass is 35.5. The molecule has 0 heterocycles. The molecule has 0 saturated carbocycles. The molecule has 0 aliphatic heterocycles. The predicted molar refractivity (Wildman–Crippen MR) is 69.8 cm³/mol. The quantitative estimate of drug-likeness (QED) is 0.770. The van der Waals surface area contributed by atoms with E-state index in [0.29, 0.717) is 0 Å². The lowest BCUT2D eigenvalue weighted by atomic mass is 10.1. The lowest BCUT2D eigenvalue weighted by Gasteiger charge is -1.98. The van der Waals surface area contributed by atoms with Crippen LogP contribution in [0.4, 0.5) is 0 Å². The van der Waals surface area contributed by atoms with Crippen LogP contribution in [-0.4, -0.2) is 36.2 Å². The Kier molecular flexibility index (Phi) is 13.8. The second-order valence-corrected chi connectivity index (χ2v) is 2.66. The van der Waals surface area contributed by atoms with Crippen LogP contribution in [0.3, 0.4) is 0 Å². The molecule has 0 atom stereocenters. The summed E-state index contributed by atoms with van der Waals surface area (Å²) in [5.74, 6) is -2.46. The summed E-state index contributed by atoms with van der Waals surface area (Å²) < 4.78 is 0. The first-order valence-electron chi connectivity index (χ1n) is 4.18. The van der Waals surface area contributed by atoms with Crippen LogP contribution in [0.5, 0.6) is 0 Å². The minimum Gasteiger partial charge on any atom is -0.478 e. The summed E-state index contributed by atoms with van der Waals surface area (Å²) in [5, 5.41) is 19.9. The normalized spacial score (nSPS) is 7.65. The average molecular weight is 284 g/mol. The minimum absolute atomic E-state index is 0. The molecule has 1 aromatic rings. The van der Waals surface area contributed by atoms with Crippen molar-refractivity contribution in [3.63, 3.8) is 0 Å². The summed E-state index contributed by atoms with van der Waals surface area (Å²) in [6.45, 7) is 0. The van der Waals surface area contributed by atoms with E-state index in [2.05, 4.69) is 5.32 Å². The summed E-state index contributed by atoms with van der Waals surface area (Å²) in [6.07, 6.45) is 0. The van der Waals surface area contributed by atoms with Gasteiger partial charge in [-0.25, -0.2) is 9.59 Å². The first-order chi connectivity index (χ1) is 7.04. The highest BCUT2D eigenvalue weighted by Gasteiger charge is 2.13. The maximum Gasteiger partial charge on any atom is 0.336 e. The van der Waals surface area contributed by atoms with E-state index >= 15 is 0 Å². The van der Waals surface area contributed by atoms with Gasteiger partial charge in [0.1, 0.15) is 0 Å². The van der Waals surface area contributed by atoms with Gasteiger partial charge in [0.2, 0.25) is 0 Å². The van der Waals surface area contributed by atoms with E-state index in [4.69, 9.17) is 10.2 Å². The van der Waals surface area contributed by atoms with Crippen LogP contribution in [0, 0.1) is 0 Å². The van der Waals surface area contributed by atoms with Gasteiger partial charge in [-0.3, -0.25) is 0 Å². The van der Waals surface area contributed by atoms with Gasteiger partial charge >= 0.3 is 11.9 Å². The maximum absolute atomic E-state index is 10.5. The number of carboxylic acids is 2. The number of rotatable bonds is 2. The molecule has 0 aliphatic rings. The molecule has 1 rings (SSSR count). The number of hydrogen-bond acceptors (Lipinski definition) is 3. The van der Waals surface area contributed by atoms with Crippen LogP contribution in [-0.2, 0) is 0 Å². The van der Waals surface area contributed by atoms with E-state index in [1.807, 2.05) is 14.1 Å². The van der Waals surface area contributed by atoms with Gasteiger partial charge in [-0.05, 0) is 26.2 Å². The first kappa shape index (κ1) is 21.0. The Labute approximate surface area is 112 Å². The van der Waals surface area contributed by atoms with Gasteiger partial charge in [-0.1, -0.05) is 12.1 Å². The standard InChI is InChI=1S/C8H6O4.C2H7N.2ClH/c9-7(10)5-3-1-2-4-6(5)8(11)12;1-3-2;;/h1-4H,(H,9,10)(H,11,12);3H,1-2H3;2*1H. The molecule has 0 bridgehead atoms. The molecular formula is C10H15Cl2NO4. The number of hydrogen-bond donors (Lipinski definition) is 3.